The van der Waals surface area contributed by atoms with Gasteiger partial charge in [0.1, 0.15) is 5.54 Å². The monoisotopic (exact) mass is 242 g/mol. The second-order valence-electron chi connectivity index (χ2n) is 5.51. The molecule has 1 saturated carbocycles. The zero-order chi connectivity index (χ0) is 13.2. The third-order valence-electron chi connectivity index (χ3n) is 3.28. The minimum Gasteiger partial charge on any atom is -0.480 e. The van der Waals surface area contributed by atoms with Gasteiger partial charge in [0.2, 0.25) is 5.91 Å². The molecule has 0 aromatic heterocycles. The average molecular weight is 242 g/mol. The predicted octanol–water partition coefficient (Wildman–Crippen LogP) is 0.729. The van der Waals surface area contributed by atoms with Gasteiger partial charge in [-0.2, -0.15) is 0 Å². The smallest absolute Gasteiger partial charge is 0.329 e. The maximum Gasteiger partial charge on any atom is 0.329 e. The summed E-state index contributed by atoms with van der Waals surface area (Å²) in [6, 6.07) is -0.632. The Kier molecular flexibility index (Phi) is 4.14. The fourth-order valence-corrected chi connectivity index (χ4v) is 1.95. The number of nitrogens with one attached hydrogen (secondary N) is 1. The number of carbonyl (C=O) groups excluding carboxylic acids is 1. The minimum atomic E-state index is -1.16. The van der Waals surface area contributed by atoms with E-state index < -0.39 is 17.6 Å². The van der Waals surface area contributed by atoms with Crippen molar-refractivity contribution >= 4 is 11.9 Å². The molecule has 1 unspecified atom stereocenters. The molecule has 0 bridgehead atoms. The molecule has 0 aromatic rings. The molecule has 0 spiro atoms. The van der Waals surface area contributed by atoms with Gasteiger partial charge in [-0.3, -0.25) is 4.79 Å². The minimum absolute atomic E-state index is 0.0372. The highest BCUT2D eigenvalue weighted by atomic mass is 16.4. The highest BCUT2D eigenvalue weighted by molar-refractivity contribution is 5.89. The maximum atomic E-state index is 11.8. The standard InChI is InChI=1S/C12H22N2O3/c1-7(2)6-9(13)10(15)14-12(3,11(16)17)8-4-5-8/h7-9H,4-6,13H2,1-3H3,(H,14,15)(H,16,17)/t9-,12?/m1/s1. The van der Waals surface area contributed by atoms with Gasteiger partial charge in [-0.25, -0.2) is 4.79 Å². The Bertz CT molecular complexity index is 313. The van der Waals surface area contributed by atoms with Gasteiger partial charge in [0.25, 0.3) is 0 Å². The van der Waals surface area contributed by atoms with E-state index in [4.69, 9.17) is 5.73 Å². The number of hydrogen-bond acceptors (Lipinski definition) is 3. The topological polar surface area (TPSA) is 92.4 Å². The third kappa shape index (κ3) is 3.43. The Labute approximate surface area is 102 Å². The lowest BCUT2D eigenvalue weighted by Crippen LogP contribution is -2.58. The van der Waals surface area contributed by atoms with Crippen molar-refractivity contribution in [2.45, 2.75) is 51.6 Å². The van der Waals surface area contributed by atoms with Gasteiger partial charge in [0.15, 0.2) is 0 Å². The molecule has 1 aliphatic rings. The van der Waals surface area contributed by atoms with E-state index >= 15 is 0 Å². The molecule has 1 rings (SSSR count). The van der Waals surface area contributed by atoms with Crippen molar-refractivity contribution in [1.29, 1.82) is 0 Å². The van der Waals surface area contributed by atoms with Crippen LogP contribution in [0.5, 0.6) is 0 Å². The van der Waals surface area contributed by atoms with E-state index in [2.05, 4.69) is 5.32 Å². The van der Waals surface area contributed by atoms with E-state index in [1.165, 1.54) is 0 Å². The van der Waals surface area contributed by atoms with Gasteiger partial charge < -0.3 is 16.2 Å². The van der Waals surface area contributed by atoms with Crippen LogP contribution in [0.25, 0.3) is 0 Å². The molecule has 0 aliphatic heterocycles. The number of amides is 1. The summed E-state index contributed by atoms with van der Waals surface area (Å²) in [4.78, 5) is 23.1. The van der Waals surface area contributed by atoms with Crippen LogP contribution >= 0.6 is 0 Å². The first kappa shape index (κ1) is 14.0. The van der Waals surface area contributed by atoms with Crippen molar-refractivity contribution in [2.24, 2.45) is 17.6 Å². The predicted molar refractivity (Wildman–Crippen MR) is 64.3 cm³/mol. The summed E-state index contributed by atoms with van der Waals surface area (Å²) < 4.78 is 0. The number of nitrogens with two attached hydrogens (primary N) is 1. The number of carbonyl (C=O) groups is 2. The molecule has 0 aromatic carbocycles. The summed E-state index contributed by atoms with van der Waals surface area (Å²) in [5.41, 5.74) is 4.58. The van der Waals surface area contributed by atoms with Crippen LogP contribution in [0.4, 0.5) is 0 Å². The molecule has 2 atom stereocenters. The largest absolute Gasteiger partial charge is 0.480 e. The highest BCUT2D eigenvalue weighted by Gasteiger charge is 2.48. The Morgan fingerprint density at radius 1 is 1.47 bits per heavy atom. The summed E-state index contributed by atoms with van der Waals surface area (Å²) in [7, 11) is 0. The van der Waals surface area contributed by atoms with Crippen LogP contribution in [0.15, 0.2) is 0 Å². The summed E-state index contributed by atoms with van der Waals surface area (Å²) in [5, 5.41) is 11.8. The van der Waals surface area contributed by atoms with E-state index in [0.29, 0.717) is 12.3 Å². The van der Waals surface area contributed by atoms with Crippen LogP contribution in [-0.4, -0.2) is 28.6 Å². The zero-order valence-electron chi connectivity index (χ0n) is 10.7. The SMILES string of the molecule is CC(C)C[C@@H](N)C(=O)NC(C)(C(=O)O)C1CC1. The Morgan fingerprint density at radius 2 is 2.00 bits per heavy atom. The Morgan fingerprint density at radius 3 is 2.35 bits per heavy atom. The van der Waals surface area contributed by atoms with E-state index in [-0.39, 0.29) is 11.8 Å². The molecule has 4 N–H and O–H groups in total. The van der Waals surface area contributed by atoms with Crippen LogP contribution in [0, 0.1) is 11.8 Å². The average Bonchev–Trinajstić information content (AvgIpc) is 2.98. The molecule has 0 saturated heterocycles. The summed E-state index contributed by atoms with van der Waals surface area (Å²) in [5.74, 6) is -0.997. The van der Waals surface area contributed by atoms with Crippen molar-refractivity contribution in [1.82, 2.24) is 5.32 Å². The first-order chi connectivity index (χ1) is 7.77. The van der Waals surface area contributed by atoms with Crippen LogP contribution in [0.2, 0.25) is 0 Å². The molecule has 1 aliphatic carbocycles. The number of aliphatic carboxylic acids is 1. The number of hydrogen-bond donors (Lipinski definition) is 3. The van der Waals surface area contributed by atoms with E-state index in [1.807, 2.05) is 13.8 Å². The molecule has 0 radical (unpaired) electrons. The Balaban J connectivity index is 2.61. The fraction of sp³-hybridized carbons (Fsp3) is 0.833. The second-order valence-corrected chi connectivity index (χ2v) is 5.51. The number of carboxylic acid groups (broad SMARTS) is 1. The van der Waals surface area contributed by atoms with Crippen molar-refractivity contribution < 1.29 is 14.7 Å². The molecule has 5 nitrogen and oxygen atoms in total. The van der Waals surface area contributed by atoms with Gasteiger partial charge >= 0.3 is 5.97 Å². The van der Waals surface area contributed by atoms with E-state index in [1.54, 1.807) is 6.92 Å². The first-order valence-electron chi connectivity index (χ1n) is 6.08. The van der Waals surface area contributed by atoms with Crippen molar-refractivity contribution in [2.75, 3.05) is 0 Å². The maximum absolute atomic E-state index is 11.8. The lowest BCUT2D eigenvalue weighted by atomic mass is 9.94. The lowest BCUT2D eigenvalue weighted by molar-refractivity contribution is -0.148. The molecule has 5 heteroatoms. The van der Waals surface area contributed by atoms with Crippen LogP contribution in [0.3, 0.4) is 0 Å². The van der Waals surface area contributed by atoms with Crippen molar-refractivity contribution in [3.8, 4) is 0 Å². The second kappa shape index (κ2) is 5.04. The molecular weight excluding hydrogens is 220 g/mol. The van der Waals surface area contributed by atoms with Crippen LogP contribution < -0.4 is 11.1 Å². The summed E-state index contributed by atoms with van der Waals surface area (Å²) >= 11 is 0. The number of rotatable bonds is 6. The lowest BCUT2D eigenvalue weighted by Gasteiger charge is -2.28. The first-order valence-corrected chi connectivity index (χ1v) is 6.08. The van der Waals surface area contributed by atoms with Crippen molar-refractivity contribution in [3.63, 3.8) is 0 Å². The zero-order valence-corrected chi connectivity index (χ0v) is 10.7. The third-order valence-corrected chi connectivity index (χ3v) is 3.28. The summed E-state index contributed by atoms with van der Waals surface area (Å²) in [6.07, 6.45) is 2.26. The van der Waals surface area contributed by atoms with Gasteiger partial charge in [-0.15, -0.1) is 0 Å². The molecule has 17 heavy (non-hydrogen) atoms. The van der Waals surface area contributed by atoms with Crippen molar-refractivity contribution in [3.05, 3.63) is 0 Å². The van der Waals surface area contributed by atoms with E-state index in [0.717, 1.165) is 12.8 Å². The normalized spacial score (nSPS) is 20.8. The molecular formula is C12H22N2O3. The van der Waals surface area contributed by atoms with Crippen LogP contribution in [0.1, 0.15) is 40.0 Å². The molecule has 1 amide bonds. The Hall–Kier alpha value is -1.10. The van der Waals surface area contributed by atoms with Gasteiger partial charge in [-0.05, 0) is 38.0 Å². The highest BCUT2D eigenvalue weighted by Crippen LogP contribution is 2.39. The van der Waals surface area contributed by atoms with Gasteiger partial charge in [0, 0.05) is 0 Å². The quantitative estimate of drug-likeness (QED) is 0.640. The molecule has 1 fully saturated rings. The number of carboxylic acids is 1. The van der Waals surface area contributed by atoms with E-state index in [9.17, 15) is 14.7 Å². The molecule has 98 valence electrons. The van der Waals surface area contributed by atoms with Gasteiger partial charge in [-0.1, -0.05) is 13.8 Å². The van der Waals surface area contributed by atoms with Gasteiger partial charge in [0.05, 0.1) is 6.04 Å². The molecule has 0 heterocycles. The summed E-state index contributed by atoms with van der Waals surface area (Å²) in [6.45, 7) is 5.52. The van der Waals surface area contributed by atoms with Crippen LogP contribution in [-0.2, 0) is 9.59 Å². The fourth-order valence-electron chi connectivity index (χ4n) is 1.95.